The Morgan fingerprint density at radius 1 is 0.333 bits per heavy atom. The molecule has 0 radical (unpaired) electrons. The van der Waals surface area contributed by atoms with Gasteiger partial charge in [-0.15, -0.1) is 11.3 Å². The highest BCUT2D eigenvalue weighted by atomic mass is 32.1. The molecule has 51 heavy (non-hydrogen) atoms. The van der Waals surface area contributed by atoms with Crippen molar-refractivity contribution in [1.82, 2.24) is 19.9 Å². The SMILES string of the molecule is c1ccc2ncc(-c3cc(-c4ccc(-c5cnc6ccccc6c5)c(-c5nc6ccccc6s5)c4)cc(-c4cnc5ccccc5c4)c3)cc2c1. The molecule has 0 spiro atoms. The van der Waals surface area contributed by atoms with Gasteiger partial charge in [0.2, 0.25) is 0 Å². The fraction of sp³-hybridized carbons (Fsp3) is 0. The van der Waals surface area contributed by atoms with Crippen molar-refractivity contribution in [1.29, 1.82) is 0 Å². The Balaban J connectivity index is 1.19. The van der Waals surface area contributed by atoms with Crippen molar-refractivity contribution in [2.75, 3.05) is 0 Å². The Labute approximate surface area is 298 Å². The van der Waals surface area contributed by atoms with Crippen LogP contribution in [0.5, 0.6) is 0 Å². The van der Waals surface area contributed by atoms with Crippen molar-refractivity contribution < 1.29 is 0 Å². The summed E-state index contributed by atoms with van der Waals surface area (Å²) in [5, 5.41) is 4.32. The van der Waals surface area contributed by atoms with Crippen LogP contribution in [0.25, 0.3) is 98.0 Å². The van der Waals surface area contributed by atoms with E-state index in [4.69, 9.17) is 19.9 Å². The van der Waals surface area contributed by atoms with Crippen LogP contribution in [0.4, 0.5) is 0 Å². The largest absolute Gasteiger partial charge is 0.256 e. The summed E-state index contributed by atoms with van der Waals surface area (Å²) in [6.45, 7) is 0. The zero-order valence-corrected chi connectivity index (χ0v) is 28.2. The molecule has 4 nitrogen and oxygen atoms in total. The average Bonchev–Trinajstić information content (AvgIpc) is 3.64. The lowest BCUT2D eigenvalue weighted by Gasteiger charge is -2.15. The van der Waals surface area contributed by atoms with Crippen molar-refractivity contribution in [3.63, 3.8) is 0 Å². The molecule has 0 amide bonds. The molecule has 0 aliphatic carbocycles. The van der Waals surface area contributed by atoms with E-state index in [-0.39, 0.29) is 0 Å². The fourth-order valence-corrected chi connectivity index (χ4v) is 7.94. The van der Waals surface area contributed by atoms with Crippen LogP contribution in [0.2, 0.25) is 0 Å². The molecule has 0 aliphatic heterocycles. The maximum Gasteiger partial charge on any atom is 0.125 e. The topological polar surface area (TPSA) is 51.6 Å². The average molecular weight is 669 g/mol. The maximum atomic E-state index is 5.14. The summed E-state index contributed by atoms with van der Waals surface area (Å²) in [6, 6.07) is 53.4. The van der Waals surface area contributed by atoms with Gasteiger partial charge in [-0.1, -0.05) is 78.9 Å². The molecule has 4 heterocycles. The van der Waals surface area contributed by atoms with Gasteiger partial charge in [0, 0.05) is 57.0 Å². The second-order valence-electron chi connectivity index (χ2n) is 12.8. The molecule has 0 N–H and O–H groups in total. The van der Waals surface area contributed by atoms with Gasteiger partial charge < -0.3 is 0 Å². The smallest absolute Gasteiger partial charge is 0.125 e. The Morgan fingerprint density at radius 2 is 0.804 bits per heavy atom. The number of thiazole rings is 1. The molecule has 10 aromatic rings. The van der Waals surface area contributed by atoms with Crippen LogP contribution in [0, 0.1) is 0 Å². The Kier molecular flexibility index (Phi) is 6.96. The first-order chi connectivity index (χ1) is 25.2. The van der Waals surface area contributed by atoms with Gasteiger partial charge in [-0.05, 0) is 101 Å². The quantitative estimate of drug-likeness (QED) is 0.183. The van der Waals surface area contributed by atoms with Crippen LogP contribution in [0.15, 0.2) is 170 Å². The zero-order valence-electron chi connectivity index (χ0n) is 27.4. The van der Waals surface area contributed by atoms with E-state index in [0.717, 1.165) is 98.0 Å². The van der Waals surface area contributed by atoms with Gasteiger partial charge in [-0.25, -0.2) is 4.98 Å². The molecule has 4 aromatic heterocycles. The van der Waals surface area contributed by atoms with Gasteiger partial charge in [-0.2, -0.15) is 0 Å². The molecule has 0 aliphatic rings. The number of nitrogens with zero attached hydrogens (tertiary/aromatic N) is 4. The van der Waals surface area contributed by atoms with E-state index in [1.54, 1.807) is 11.3 Å². The van der Waals surface area contributed by atoms with E-state index in [2.05, 4.69) is 127 Å². The van der Waals surface area contributed by atoms with Gasteiger partial charge in [0.05, 0.1) is 26.8 Å². The number of hydrogen-bond acceptors (Lipinski definition) is 5. The highest BCUT2D eigenvalue weighted by Crippen LogP contribution is 2.41. The summed E-state index contributed by atoms with van der Waals surface area (Å²) in [7, 11) is 0. The number of benzene rings is 6. The van der Waals surface area contributed by atoms with Gasteiger partial charge in [0.15, 0.2) is 0 Å². The minimum absolute atomic E-state index is 0.982. The zero-order chi connectivity index (χ0) is 33.7. The van der Waals surface area contributed by atoms with Gasteiger partial charge >= 0.3 is 0 Å². The molecular weight excluding hydrogens is 641 g/mol. The van der Waals surface area contributed by atoms with Crippen LogP contribution in [-0.4, -0.2) is 19.9 Å². The lowest BCUT2D eigenvalue weighted by Crippen LogP contribution is -1.91. The van der Waals surface area contributed by atoms with Crippen LogP contribution in [-0.2, 0) is 0 Å². The molecule has 0 unspecified atom stereocenters. The third kappa shape index (κ3) is 5.41. The predicted octanol–water partition coefficient (Wildman–Crippen LogP) is 12.3. The molecule has 6 aromatic carbocycles. The number of para-hydroxylation sites is 4. The third-order valence-corrected chi connectivity index (χ3v) is 10.6. The number of hydrogen-bond donors (Lipinski definition) is 0. The second kappa shape index (κ2) is 12.1. The van der Waals surface area contributed by atoms with Gasteiger partial charge in [0.25, 0.3) is 0 Å². The van der Waals surface area contributed by atoms with E-state index in [1.807, 2.05) is 42.9 Å². The number of aromatic nitrogens is 4. The van der Waals surface area contributed by atoms with Crippen molar-refractivity contribution in [3.05, 3.63) is 170 Å². The van der Waals surface area contributed by atoms with E-state index < -0.39 is 0 Å². The minimum atomic E-state index is 0.982. The molecule has 5 heteroatoms. The molecule has 0 saturated heterocycles. The lowest BCUT2D eigenvalue weighted by atomic mass is 9.91. The van der Waals surface area contributed by atoms with Crippen molar-refractivity contribution in [3.8, 4) is 55.1 Å². The standard InChI is InChI=1S/C46H28N4S/c1-4-12-41-30(9-1)19-36(26-47-41)34-22-33(23-35(24-34)37-20-31-10-2-5-13-42(31)48-27-37)29-17-18-39(38-21-32-11-3-6-14-43(32)49-28-38)40(25-29)46-50-44-15-7-8-16-45(44)51-46/h1-28H. The second-order valence-corrected chi connectivity index (χ2v) is 13.8. The van der Waals surface area contributed by atoms with Crippen LogP contribution < -0.4 is 0 Å². The van der Waals surface area contributed by atoms with E-state index in [1.165, 1.54) is 0 Å². The highest BCUT2D eigenvalue weighted by Gasteiger charge is 2.17. The highest BCUT2D eigenvalue weighted by molar-refractivity contribution is 7.21. The molecule has 0 fully saturated rings. The van der Waals surface area contributed by atoms with Crippen molar-refractivity contribution in [2.45, 2.75) is 0 Å². The Hall–Kier alpha value is -6.56. The van der Waals surface area contributed by atoms with Crippen LogP contribution >= 0.6 is 11.3 Å². The molecule has 0 bridgehead atoms. The van der Waals surface area contributed by atoms with Crippen molar-refractivity contribution in [2.24, 2.45) is 0 Å². The van der Waals surface area contributed by atoms with E-state index >= 15 is 0 Å². The number of rotatable bonds is 5. The number of pyridine rings is 3. The van der Waals surface area contributed by atoms with E-state index in [0.29, 0.717) is 0 Å². The third-order valence-electron chi connectivity index (χ3n) is 9.56. The van der Waals surface area contributed by atoms with Gasteiger partial charge in [-0.3, -0.25) is 15.0 Å². The summed E-state index contributed by atoms with van der Waals surface area (Å²) >= 11 is 1.72. The minimum Gasteiger partial charge on any atom is -0.256 e. The normalized spacial score (nSPS) is 11.5. The first kappa shape index (κ1) is 29.4. The summed E-state index contributed by atoms with van der Waals surface area (Å²) < 4.78 is 1.16. The molecule has 0 saturated carbocycles. The first-order valence-electron chi connectivity index (χ1n) is 16.9. The number of fused-ring (bicyclic) bond motifs is 4. The van der Waals surface area contributed by atoms with Crippen molar-refractivity contribution >= 4 is 54.3 Å². The lowest BCUT2D eigenvalue weighted by molar-refractivity contribution is 1.40. The van der Waals surface area contributed by atoms with Gasteiger partial charge in [0.1, 0.15) is 5.01 Å². The Bertz CT molecular complexity index is 2810. The first-order valence-corrected chi connectivity index (χ1v) is 17.7. The predicted molar refractivity (Wildman–Crippen MR) is 213 cm³/mol. The van der Waals surface area contributed by atoms with Crippen LogP contribution in [0.1, 0.15) is 0 Å². The monoisotopic (exact) mass is 668 g/mol. The molecule has 10 rings (SSSR count). The Morgan fingerprint density at radius 3 is 1.37 bits per heavy atom. The fourth-order valence-electron chi connectivity index (χ4n) is 6.94. The maximum absolute atomic E-state index is 5.14. The van der Waals surface area contributed by atoms with Crippen LogP contribution in [0.3, 0.4) is 0 Å². The molecule has 238 valence electrons. The summed E-state index contributed by atoms with van der Waals surface area (Å²) in [5.74, 6) is 0. The molecule has 0 atom stereocenters. The van der Waals surface area contributed by atoms with E-state index in [9.17, 15) is 0 Å². The summed E-state index contributed by atoms with van der Waals surface area (Å²) in [5.41, 5.74) is 13.7. The molecular formula is C46H28N4S. The summed E-state index contributed by atoms with van der Waals surface area (Å²) in [6.07, 6.45) is 5.94. The summed E-state index contributed by atoms with van der Waals surface area (Å²) in [4.78, 5) is 19.6.